The van der Waals surface area contributed by atoms with Crippen molar-refractivity contribution in [3.8, 4) is 0 Å². The number of benzene rings is 1. The molecule has 2 amide bonds. The van der Waals surface area contributed by atoms with Crippen molar-refractivity contribution >= 4 is 22.7 Å². The van der Waals surface area contributed by atoms with Crippen molar-refractivity contribution in [3.05, 3.63) is 40.4 Å². The van der Waals surface area contributed by atoms with Crippen LogP contribution in [-0.2, 0) is 16.1 Å². The summed E-state index contributed by atoms with van der Waals surface area (Å²) in [6, 6.07) is 5.34. The highest BCUT2D eigenvalue weighted by atomic mass is 16.2. The van der Waals surface area contributed by atoms with E-state index in [1.54, 1.807) is 12.1 Å². The summed E-state index contributed by atoms with van der Waals surface area (Å²) < 4.78 is 1.24. The first-order chi connectivity index (χ1) is 11.0. The molecule has 0 saturated carbocycles. The minimum atomic E-state index is -0.410. The van der Waals surface area contributed by atoms with Crippen LogP contribution in [0.15, 0.2) is 29.3 Å². The summed E-state index contributed by atoms with van der Waals surface area (Å²) in [4.78, 5) is 39.9. The molecule has 1 heterocycles. The highest BCUT2D eigenvalue weighted by molar-refractivity contribution is 5.85. The Kier molecular flexibility index (Phi) is 5.46. The average molecular weight is 316 g/mol. The second-order valence-corrected chi connectivity index (χ2v) is 5.28. The van der Waals surface area contributed by atoms with Crippen molar-refractivity contribution in [3.63, 3.8) is 0 Å². The number of fused-ring (bicyclic) bond motifs is 1. The van der Waals surface area contributed by atoms with Crippen LogP contribution in [0.5, 0.6) is 0 Å². The molecule has 0 aliphatic heterocycles. The molecule has 0 unspecified atom stereocenters. The molecule has 0 radical (unpaired) electrons. The van der Waals surface area contributed by atoms with E-state index < -0.39 is 5.91 Å². The molecule has 0 fully saturated rings. The number of aryl methyl sites for hydroxylation is 1. The Hall–Kier alpha value is -2.70. The van der Waals surface area contributed by atoms with Crippen LogP contribution in [0.3, 0.4) is 0 Å². The quantitative estimate of drug-likeness (QED) is 0.804. The van der Waals surface area contributed by atoms with Gasteiger partial charge in [-0.25, -0.2) is 4.98 Å². The molecule has 0 spiro atoms. The van der Waals surface area contributed by atoms with Crippen molar-refractivity contribution < 1.29 is 9.59 Å². The molecule has 122 valence electrons. The molecule has 0 aliphatic carbocycles. The van der Waals surface area contributed by atoms with E-state index in [-0.39, 0.29) is 24.6 Å². The van der Waals surface area contributed by atoms with Crippen LogP contribution >= 0.6 is 0 Å². The first-order valence-corrected chi connectivity index (χ1v) is 7.51. The fraction of sp³-hybridized carbons (Fsp3) is 0.375. The molecule has 7 nitrogen and oxygen atoms in total. The Morgan fingerprint density at radius 1 is 1.22 bits per heavy atom. The van der Waals surface area contributed by atoms with Gasteiger partial charge in [-0.3, -0.25) is 19.0 Å². The highest BCUT2D eigenvalue weighted by Gasteiger charge is 2.10. The molecular formula is C16H20N4O3. The fourth-order valence-electron chi connectivity index (χ4n) is 2.17. The first kappa shape index (κ1) is 16.7. The lowest BCUT2D eigenvalue weighted by molar-refractivity contribution is -0.126. The summed E-state index contributed by atoms with van der Waals surface area (Å²) in [5.41, 5.74) is 1.26. The van der Waals surface area contributed by atoms with Gasteiger partial charge in [0.05, 0.1) is 23.8 Å². The van der Waals surface area contributed by atoms with Gasteiger partial charge < -0.3 is 10.6 Å². The number of carbonyl (C=O) groups is 2. The van der Waals surface area contributed by atoms with Crippen LogP contribution in [0.25, 0.3) is 10.9 Å². The zero-order chi connectivity index (χ0) is 16.8. The normalized spacial score (nSPS) is 10.5. The molecule has 23 heavy (non-hydrogen) atoms. The number of hydrogen-bond acceptors (Lipinski definition) is 4. The van der Waals surface area contributed by atoms with E-state index in [0.717, 1.165) is 12.0 Å². The van der Waals surface area contributed by atoms with E-state index in [0.29, 0.717) is 17.4 Å². The van der Waals surface area contributed by atoms with Crippen molar-refractivity contribution in [2.45, 2.75) is 26.8 Å². The van der Waals surface area contributed by atoms with E-state index in [4.69, 9.17) is 0 Å². The molecular weight excluding hydrogens is 296 g/mol. The maximum absolute atomic E-state index is 12.4. The van der Waals surface area contributed by atoms with E-state index in [1.807, 2.05) is 19.9 Å². The van der Waals surface area contributed by atoms with Gasteiger partial charge in [-0.15, -0.1) is 0 Å². The Bertz CT molecular complexity index is 782. The van der Waals surface area contributed by atoms with Crippen molar-refractivity contribution in [2.24, 2.45) is 0 Å². The lowest BCUT2D eigenvalue weighted by Crippen LogP contribution is -2.39. The maximum Gasteiger partial charge on any atom is 0.261 e. The molecule has 0 bridgehead atoms. The number of amides is 2. The molecule has 1 aromatic carbocycles. The second-order valence-electron chi connectivity index (χ2n) is 5.28. The van der Waals surface area contributed by atoms with Gasteiger partial charge in [0, 0.05) is 6.54 Å². The summed E-state index contributed by atoms with van der Waals surface area (Å²) in [7, 11) is 0. The van der Waals surface area contributed by atoms with Crippen LogP contribution < -0.4 is 16.2 Å². The molecule has 2 aromatic rings. The number of nitrogens with one attached hydrogen (secondary N) is 2. The zero-order valence-corrected chi connectivity index (χ0v) is 13.3. The lowest BCUT2D eigenvalue weighted by Gasteiger charge is -2.09. The van der Waals surface area contributed by atoms with Crippen molar-refractivity contribution in [2.75, 3.05) is 13.1 Å². The summed E-state index contributed by atoms with van der Waals surface area (Å²) in [5.74, 6) is -0.660. The van der Waals surface area contributed by atoms with Crippen LogP contribution in [0.1, 0.15) is 18.9 Å². The molecule has 7 heteroatoms. The largest absolute Gasteiger partial charge is 0.355 e. The smallest absolute Gasteiger partial charge is 0.261 e. The Labute approximate surface area is 133 Å². The predicted molar refractivity (Wildman–Crippen MR) is 87.1 cm³/mol. The van der Waals surface area contributed by atoms with Gasteiger partial charge >= 0.3 is 0 Å². The van der Waals surface area contributed by atoms with Gasteiger partial charge in [-0.1, -0.05) is 19.1 Å². The number of rotatable bonds is 6. The maximum atomic E-state index is 12.4. The lowest BCUT2D eigenvalue weighted by atomic mass is 10.1. The van der Waals surface area contributed by atoms with Crippen LogP contribution in [0.4, 0.5) is 0 Å². The third-order valence-corrected chi connectivity index (χ3v) is 3.39. The Morgan fingerprint density at radius 2 is 2.00 bits per heavy atom. The van der Waals surface area contributed by atoms with E-state index in [9.17, 15) is 14.4 Å². The van der Waals surface area contributed by atoms with Gasteiger partial charge in [0.25, 0.3) is 5.56 Å². The number of carbonyl (C=O) groups excluding carboxylic acids is 2. The number of para-hydroxylation sites is 1. The van der Waals surface area contributed by atoms with Crippen molar-refractivity contribution in [1.29, 1.82) is 0 Å². The van der Waals surface area contributed by atoms with Crippen LogP contribution in [-0.4, -0.2) is 34.5 Å². The molecule has 1 aromatic heterocycles. The molecule has 0 aliphatic rings. The fourth-order valence-corrected chi connectivity index (χ4v) is 2.17. The first-order valence-electron chi connectivity index (χ1n) is 7.51. The Morgan fingerprint density at radius 3 is 2.74 bits per heavy atom. The predicted octanol–water partition coefficient (Wildman–Crippen LogP) is 0.347. The minimum Gasteiger partial charge on any atom is -0.355 e. The number of hydrogen-bond donors (Lipinski definition) is 2. The third-order valence-electron chi connectivity index (χ3n) is 3.39. The van der Waals surface area contributed by atoms with Gasteiger partial charge in [0.2, 0.25) is 11.8 Å². The highest BCUT2D eigenvalue weighted by Crippen LogP contribution is 2.10. The molecule has 2 rings (SSSR count). The number of aromatic nitrogens is 2. The van der Waals surface area contributed by atoms with E-state index in [2.05, 4.69) is 15.6 Å². The Balaban J connectivity index is 2.04. The summed E-state index contributed by atoms with van der Waals surface area (Å²) >= 11 is 0. The molecule has 2 N–H and O–H groups in total. The van der Waals surface area contributed by atoms with Crippen LogP contribution in [0, 0.1) is 6.92 Å². The second kappa shape index (κ2) is 7.53. The monoisotopic (exact) mass is 316 g/mol. The molecule has 0 saturated heterocycles. The van der Waals surface area contributed by atoms with Gasteiger partial charge in [-0.2, -0.15) is 0 Å². The van der Waals surface area contributed by atoms with Crippen LogP contribution in [0.2, 0.25) is 0 Å². The summed E-state index contributed by atoms with van der Waals surface area (Å²) in [5, 5.41) is 5.62. The van der Waals surface area contributed by atoms with Gasteiger partial charge in [0.1, 0.15) is 6.54 Å². The van der Waals surface area contributed by atoms with Crippen molar-refractivity contribution in [1.82, 2.24) is 20.2 Å². The third kappa shape index (κ3) is 4.15. The van der Waals surface area contributed by atoms with Gasteiger partial charge in [-0.05, 0) is 25.0 Å². The summed E-state index contributed by atoms with van der Waals surface area (Å²) in [6.07, 6.45) is 2.19. The topological polar surface area (TPSA) is 93.1 Å². The summed E-state index contributed by atoms with van der Waals surface area (Å²) in [6.45, 7) is 4.12. The standard InChI is InChI=1S/C16H20N4O3/c1-3-7-17-13(21)8-18-14(22)9-20-10-19-15-11(2)5-4-6-12(15)16(20)23/h4-6,10H,3,7-9H2,1-2H3,(H,17,21)(H,18,22). The minimum absolute atomic E-state index is 0.103. The van der Waals surface area contributed by atoms with Gasteiger partial charge in [0.15, 0.2) is 0 Å². The number of nitrogens with zero attached hydrogens (tertiary/aromatic N) is 2. The van der Waals surface area contributed by atoms with E-state index >= 15 is 0 Å². The molecule has 0 atom stereocenters. The zero-order valence-electron chi connectivity index (χ0n) is 13.3. The average Bonchev–Trinajstić information content (AvgIpc) is 2.54. The van der Waals surface area contributed by atoms with E-state index in [1.165, 1.54) is 10.9 Å². The SMILES string of the molecule is CCCNC(=O)CNC(=O)Cn1cnc2c(C)cccc2c1=O.